The van der Waals surface area contributed by atoms with Gasteiger partial charge < -0.3 is 0 Å². The van der Waals surface area contributed by atoms with Gasteiger partial charge >= 0.3 is 0 Å². The zero-order valence-electron chi connectivity index (χ0n) is 10.1. The highest BCUT2D eigenvalue weighted by Crippen LogP contribution is 2.53. The predicted octanol–water partition coefficient (Wildman–Crippen LogP) is 2.14. The van der Waals surface area contributed by atoms with E-state index in [0.717, 1.165) is 18.3 Å². The standard InChI is InChI=1S/C13H19NO2S/c14-8-13(3-4-17(15,16)9-13)7-12-6-10-1-2-11(12)5-10/h10-12H,1-7,9H2. The number of hydrogen-bond acceptors (Lipinski definition) is 3. The molecule has 4 atom stereocenters. The Labute approximate surface area is 103 Å². The largest absolute Gasteiger partial charge is 0.229 e. The minimum Gasteiger partial charge on any atom is -0.229 e. The highest BCUT2D eigenvalue weighted by molar-refractivity contribution is 7.91. The van der Waals surface area contributed by atoms with Crippen molar-refractivity contribution in [3.63, 3.8) is 0 Å². The zero-order valence-corrected chi connectivity index (χ0v) is 10.9. The van der Waals surface area contributed by atoms with Gasteiger partial charge in [-0.05, 0) is 49.9 Å². The number of nitrogens with zero attached hydrogens (tertiary/aromatic N) is 1. The van der Waals surface area contributed by atoms with Crippen molar-refractivity contribution in [1.82, 2.24) is 0 Å². The van der Waals surface area contributed by atoms with Crippen LogP contribution >= 0.6 is 0 Å². The van der Waals surface area contributed by atoms with E-state index in [1.807, 2.05) is 0 Å². The minimum atomic E-state index is -2.94. The fourth-order valence-electron chi connectivity index (χ4n) is 4.34. The Hall–Kier alpha value is -0.560. The lowest BCUT2D eigenvalue weighted by molar-refractivity contribution is 0.240. The molecule has 0 aromatic carbocycles. The van der Waals surface area contributed by atoms with Crippen molar-refractivity contribution in [2.45, 2.75) is 38.5 Å². The Morgan fingerprint density at radius 3 is 2.59 bits per heavy atom. The summed E-state index contributed by atoms with van der Waals surface area (Å²) >= 11 is 0. The summed E-state index contributed by atoms with van der Waals surface area (Å²) in [4.78, 5) is 0. The molecule has 17 heavy (non-hydrogen) atoms. The van der Waals surface area contributed by atoms with Gasteiger partial charge in [-0.25, -0.2) is 8.42 Å². The summed E-state index contributed by atoms with van der Waals surface area (Å²) in [6.45, 7) is 0. The monoisotopic (exact) mass is 253 g/mol. The van der Waals surface area contributed by atoms with Crippen molar-refractivity contribution >= 4 is 9.84 Å². The van der Waals surface area contributed by atoms with Crippen LogP contribution in [-0.4, -0.2) is 19.9 Å². The molecule has 0 aromatic rings. The molecule has 2 saturated carbocycles. The van der Waals surface area contributed by atoms with Crippen molar-refractivity contribution < 1.29 is 8.42 Å². The molecular formula is C13H19NO2S. The molecule has 1 heterocycles. The molecule has 0 amide bonds. The third-order valence-electron chi connectivity index (χ3n) is 5.16. The van der Waals surface area contributed by atoms with Gasteiger partial charge in [-0.3, -0.25) is 0 Å². The predicted molar refractivity (Wildman–Crippen MR) is 64.9 cm³/mol. The molecule has 4 unspecified atom stereocenters. The first-order valence-corrected chi connectivity index (χ1v) is 8.46. The second-order valence-electron chi connectivity index (χ2n) is 6.37. The maximum atomic E-state index is 11.6. The molecule has 2 bridgehead atoms. The quantitative estimate of drug-likeness (QED) is 0.757. The summed E-state index contributed by atoms with van der Waals surface area (Å²) in [7, 11) is -2.94. The van der Waals surface area contributed by atoms with Crippen LogP contribution in [0.3, 0.4) is 0 Å². The average Bonchev–Trinajstić information content (AvgIpc) is 2.93. The van der Waals surface area contributed by atoms with E-state index in [0.29, 0.717) is 12.3 Å². The molecule has 1 aliphatic heterocycles. The molecule has 94 valence electrons. The molecule has 3 rings (SSSR count). The third-order valence-corrected chi connectivity index (χ3v) is 6.98. The van der Waals surface area contributed by atoms with Crippen molar-refractivity contribution in [2.24, 2.45) is 23.2 Å². The van der Waals surface area contributed by atoms with E-state index in [4.69, 9.17) is 0 Å². The summed E-state index contributed by atoms with van der Waals surface area (Å²) in [5, 5.41) is 9.36. The van der Waals surface area contributed by atoms with Crippen LogP contribution in [0.15, 0.2) is 0 Å². The van der Waals surface area contributed by atoms with Gasteiger partial charge in [0.2, 0.25) is 0 Å². The molecular weight excluding hydrogens is 234 g/mol. The van der Waals surface area contributed by atoms with E-state index in [-0.39, 0.29) is 11.5 Å². The van der Waals surface area contributed by atoms with Crippen LogP contribution in [0.5, 0.6) is 0 Å². The van der Waals surface area contributed by atoms with Gasteiger partial charge in [-0.1, -0.05) is 6.42 Å². The van der Waals surface area contributed by atoms with E-state index in [1.54, 1.807) is 0 Å². The van der Waals surface area contributed by atoms with E-state index in [1.165, 1.54) is 25.7 Å². The van der Waals surface area contributed by atoms with E-state index in [9.17, 15) is 13.7 Å². The Balaban J connectivity index is 1.74. The van der Waals surface area contributed by atoms with Gasteiger partial charge in [0.25, 0.3) is 0 Å². The van der Waals surface area contributed by atoms with Gasteiger partial charge in [-0.15, -0.1) is 0 Å². The van der Waals surface area contributed by atoms with Crippen molar-refractivity contribution in [3.8, 4) is 6.07 Å². The Morgan fingerprint density at radius 1 is 1.29 bits per heavy atom. The van der Waals surface area contributed by atoms with E-state index < -0.39 is 15.3 Å². The van der Waals surface area contributed by atoms with Crippen molar-refractivity contribution in [3.05, 3.63) is 0 Å². The third kappa shape index (κ3) is 1.99. The number of fused-ring (bicyclic) bond motifs is 2. The zero-order chi connectivity index (χ0) is 12.1. The minimum absolute atomic E-state index is 0.115. The van der Waals surface area contributed by atoms with Crippen LogP contribution in [0.1, 0.15) is 38.5 Å². The normalized spacial score (nSPS) is 47.1. The summed E-state index contributed by atoms with van der Waals surface area (Å²) < 4.78 is 23.2. The molecule has 3 aliphatic rings. The fourth-order valence-corrected chi connectivity index (χ4v) is 6.35. The number of hydrogen-bond donors (Lipinski definition) is 0. The summed E-state index contributed by atoms with van der Waals surface area (Å²) in [5.41, 5.74) is -0.548. The van der Waals surface area contributed by atoms with Gasteiger partial charge in [-0.2, -0.15) is 5.26 Å². The van der Waals surface area contributed by atoms with Crippen molar-refractivity contribution in [2.75, 3.05) is 11.5 Å². The van der Waals surface area contributed by atoms with Crippen LogP contribution in [0, 0.1) is 34.5 Å². The van der Waals surface area contributed by atoms with Crippen molar-refractivity contribution in [1.29, 1.82) is 5.26 Å². The first kappa shape index (κ1) is 11.5. The molecule has 3 fully saturated rings. The maximum absolute atomic E-state index is 11.6. The first-order valence-electron chi connectivity index (χ1n) is 6.64. The molecule has 1 saturated heterocycles. The van der Waals surface area contributed by atoms with Crippen LogP contribution < -0.4 is 0 Å². The number of nitriles is 1. The van der Waals surface area contributed by atoms with Gasteiger partial charge in [0.15, 0.2) is 9.84 Å². The lowest BCUT2D eigenvalue weighted by Gasteiger charge is -2.28. The van der Waals surface area contributed by atoms with Gasteiger partial charge in [0.1, 0.15) is 0 Å². The molecule has 0 spiro atoms. The summed E-state index contributed by atoms with van der Waals surface area (Å²) in [6.07, 6.45) is 6.65. The number of rotatable bonds is 2. The molecule has 0 radical (unpaired) electrons. The van der Waals surface area contributed by atoms with Crippen LogP contribution in [0.4, 0.5) is 0 Å². The fraction of sp³-hybridized carbons (Fsp3) is 0.923. The average molecular weight is 253 g/mol. The van der Waals surface area contributed by atoms with Crippen LogP contribution in [0.2, 0.25) is 0 Å². The summed E-state index contributed by atoms with van der Waals surface area (Å²) in [6, 6.07) is 2.34. The topological polar surface area (TPSA) is 57.9 Å². The number of sulfone groups is 1. The van der Waals surface area contributed by atoms with Gasteiger partial charge in [0, 0.05) is 0 Å². The molecule has 0 aromatic heterocycles. The molecule has 3 nitrogen and oxygen atoms in total. The second-order valence-corrected chi connectivity index (χ2v) is 8.56. The highest BCUT2D eigenvalue weighted by atomic mass is 32.2. The first-order chi connectivity index (χ1) is 8.02. The Kier molecular flexibility index (Phi) is 2.52. The lowest BCUT2D eigenvalue weighted by Crippen LogP contribution is -2.26. The Bertz CT molecular complexity index is 464. The SMILES string of the molecule is N#CC1(CC2CC3CCC2C3)CCS(=O)(=O)C1. The van der Waals surface area contributed by atoms with Gasteiger partial charge in [0.05, 0.1) is 23.0 Å². The maximum Gasteiger partial charge on any atom is 0.151 e. The Morgan fingerprint density at radius 2 is 2.12 bits per heavy atom. The molecule has 2 aliphatic carbocycles. The lowest BCUT2D eigenvalue weighted by atomic mass is 9.74. The van der Waals surface area contributed by atoms with E-state index in [2.05, 4.69) is 6.07 Å². The van der Waals surface area contributed by atoms with E-state index >= 15 is 0 Å². The van der Waals surface area contributed by atoms with Crippen LogP contribution in [-0.2, 0) is 9.84 Å². The summed E-state index contributed by atoms with van der Waals surface area (Å²) in [5.74, 6) is 2.63. The molecule has 0 N–H and O–H groups in total. The smallest absolute Gasteiger partial charge is 0.151 e. The molecule has 4 heteroatoms. The van der Waals surface area contributed by atoms with Crippen LogP contribution in [0.25, 0.3) is 0 Å². The highest BCUT2D eigenvalue weighted by Gasteiger charge is 2.48. The second kappa shape index (κ2) is 3.71.